The first-order valence-electron chi connectivity index (χ1n) is 6.38. The fraction of sp³-hybridized carbons (Fsp3) is 0.571. The van der Waals surface area contributed by atoms with Gasteiger partial charge < -0.3 is 19.3 Å². The first kappa shape index (κ1) is 10.6. The summed E-state index contributed by atoms with van der Waals surface area (Å²) >= 11 is 0. The molecule has 0 bridgehead atoms. The highest BCUT2D eigenvalue weighted by molar-refractivity contribution is 5.48. The van der Waals surface area contributed by atoms with E-state index < -0.39 is 0 Å². The second-order valence-corrected chi connectivity index (χ2v) is 5.58. The molecule has 0 atom stereocenters. The van der Waals surface area contributed by atoms with Crippen molar-refractivity contribution in [3.63, 3.8) is 0 Å². The molecule has 0 radical (unpaired) electrons. The Morgan fingerprint density at radius 2 is 1.89 bits per heavy atom. The third kappa shape index (κ3) is 1.17. The van der Waals surface area contributed by atoms with Crippen LogP contribution < -0.4 is 9.47 Å². The second-order valence-electron chi connectivity index (χ2n) is 5.58. The van der Waals surface area contributed by atoms with Crippen molar-refractivity contribution >= 4 is 0 Å². The fourth-order valence-corrected chi connectivity index (χ4v) is 3.22. The molecule has 4 nitrogen and oxygen atoms in total. The zero-order valence-electron chi connectivity index (χ0n) is 10.1. The molecule has 4 heteroatoms. The van der Waals surface area contributed by atoms with Crippen LogP contribution in [0.1, 0.15) is 18.4 Å². The van der Waals surface area contributed by atoms with E-state index in [0.29, 0.717) is 20.0 Å². The summed E-state index contributed by atoms with van der Waals surface area (Å²) in [7, 11) is 0. The van der Waals surface area contributed by atoms with Crippen molar-refractivity contribution in [2.24, 2.45) is 5.41 Å². The first-order chi connectivity index (χ1) is 8.80. The first-order valence-corrected chi connectivity index (χ1v) is 6.38. The zero-order chi connectivity index (χ0) is 12.2. The topological polar surface area (TPSA) is 47.9 Å². The molecule has 1 aromatic rings. The zero-order valence-corrected chi connectivity index (χ0v) is 10.1. The van der Waals surface area contributed by atoms with E-state index in [0.717, 1.165) is 24.3 Å². The number of rotatable bonds is 3. The van der Waals surface area contributed by atoms with Crippen molar-refractivity contribution in [3.05, 3.63) is 23.8 Å². The molecule has 1 N–H and O–H groups in total. The van der Waals surface area contributed by atoms with E-state index in [1.54, 1.807) is 0 Å². The predicted molar refractivity (Wildman–Crippen MR) is 63.8 cm³/mol. The highest BCUT2D eigenvalue weighted by Crippen LogP contribution is 2.62. The van der Waals surface area contributed by atoms with Gasteiger partial charge in [0.05, 0.1) is 13.2 Å². The Morgan fingerprint density at radius 1 is 1.11 bits per heavy atom. The molecule has 0 unspecified atom stereocenters. The fourth-order valence-electron chi connectivity index (χ4n) is 3.22. The summed E-state index contributed by atoms with van der Waals surface area (Å²) in [5, 5.41) is 9.70. The molecule has 0 spiro atoms. The van der Waals surface area contributed by atoms with Crippen molar-refractivity contribution < 1.29 is 19.3 Å². The van der Waals surface area contributed by atoms with E-state index in [1.165, 1.54) is 5.56 Å². The third-order valence-electron chi connectivity index (χ3n) is 4.79. The third-order valence-corrected chi connectivity index (χ3v) is 4.79. The van der Waals surface area contributed by atoms with E-state index in [9.17, 15) is 5.11 Å². The molecule has 0 aromatic heterocycles. The monoisotopic (exact) mass is 248 g/mol. The lowest BCUT2D eigenvalue weighted by molar-refractivity contribution is -0.110. The molecular formula is C14H16O4. The number of aliphatic hydroxyl groups is 1. The van der Waals surface area contributed by atoms with Gasteiger partial charge in [0.2, 0.25) is 6.79 Å². The average molecular weight is 248 g/mol. The van der Waals surface area contributed by atoms with Gasteiger partial charge in [0.1, 0.15) is 0 Å². The SMILES string of the molecule is OCC1(C2(c3ccc4c(c3)OCO4)COC2)CC1. The summed E-state index contributed by atoms with van der Waals surface area (Å²) in [5.41, 5.74) is 1.21. The molecule has 4 rings (SSSR count). The van der Waals surface area contributed by atoms with Gasteiger partial charge in [0, 0.05) is 17.4 Å². The van der Waals surface area contributed by atoms with E-state index in [2.05, 4.69) is 12.1 Å². The number of hydrogen-bond acceptors (Lipinski definition) is 4. The Hall–Kier alpha value is -1.26. The van der Waals surface area contributed by atoms with Gasteiger partial charge in [-0.25, -0.2) is 0 Å². The van der Waals surface area contributed by atoms with Crippen LogP contribution in [0.3, 0.4) is 0 Å². The summed E-state index contributed by atoms with van der Waals surface area (Å²) in [4.78, 5) is 0. The minimum Gasteiger partial charge on any atom is -0.454 e. The highest BCUT2D eigenvalue weighted by atomic mass is 16.7. The Balaban J connectivity index is 1.77. The minimum atomic E-state index is -0.0251. The maximum absolute atomic E-state index is 9.70. The maximum atomic E-state index is 9.70. The van der Waals surface area contributed by atoms with Gasteiger partial charge in [-0.1, -0.05) is 6.07 Å². The molecule has 1 aliphatic carbocycles. The van der Waals surface area contributed by atoms with E-state index in [1.807, 2.05) is 6.07 Å². The molecule has 18 heavy (non-hydrogen) atoms. The molecule has 1 saturated carbocycles. The van der Waals surface area contributed by atoms with E-state index in [-0.39, 0.29) is 17.4 Å². The second kappa shape index (κ2) is 3.39. The summed E-state index contributed by atoms with van der Waals surface area (Å²) in [6, 6.07) is 6.11. The Labute approximate surface area is 105 Å². The summed E-state index contributed by atoms with van der Waals surface area (Å²) in [6.45, 7) is 1.94. The van der Waals surface area contributed by atoms with Crippen LogP contribution in [0.4, 0.5) is 0 Å². The normalized spacial score (nSPS) is 25.6. The lowest BCUT2D eigenvalue weighted by atomic mass is 9.66. The standard InChI is InChI=1S/C14H16O4/c15-6-13(3-4-13)14(7-16-8-14)10-1-2-11-12(5-10)18-9-17-11/h1-2,5,15H,3-4,6-9H2. The molecule has 3 aliphatic rings. The van der Waals surface area contributed by atoms with E-state index >= 15 is 0 Å². The molecule has 0 amide bonds. The summed E-state index contributed by atoms with van der Waals surface area (Å²) in [6.07, 6.45) is 2.17. The number of aliphatic hydroxyl groups excluding tert-OH is 1. The van der Waals surface area contributed by atoms with Crippen molar-refractivity contribution in [2.75, 3.05) is 26.6 Å². The Morgan fingerprint density at radius 3 is 2.50 bits per heavy atom. The average Bonchev–Trinajstić information content (AvgIpc) is 2.99. The number of ether oxygens (including phenoxy) is 3. The Bertz CT molecular complexity index is 489. The maximum Gasteiger partial charge on any atom is 0.231 e. The van der Waals surface area contributed by atoms with Crippen molar-refractivity contribution in [1.82, 2.24) is 0 Å². The number of benzene rings is 1. The van der Waals surface area contributed by atoms with Gasteiger partial charge >= 0.3 is 0 Å². The van der Waals surface area contributed by atoms with Gasteiger partial charge in [0.25, 0.3) is 0 Å². The molecule has 2 aliphatic heterocycles. The Kier molecular flexibility index (Phi) is 2.01. The van der Waals surface area contributed by atoms with Crippen LogP contribution in [-0.4, -0.2) is 31.7 Å². The van der Waals surface area contributed by atoms with Crippen molar-refractivity contribution in [1.29, 1.82) is 0 Å². The van der Waals surface area contributed by atoms with Crippen LogP contribution in [0.2, 0.25) is 0 Å². The van der Waals surface area contributed by atoms with Crippen LogP contribution in [0.25, 0.3) is 0 Å². The quantitative estimate of drug-likeness (QED) is 0.879. The molecular weight excluding hydrogens is 232 g/mol. The molecule has 2 heterocycles. The summed E-state index contributed by atoms with van der Waals surface area (Å²) in [5.74, 6) is 1.62. The van der Waals surface area contributed by atoms with Crippen LogP contribution in [0.15, 0.2) is 18.2 Å². The molecule has 2 fully saturated rings. The van der Waals surface area contributed by atoms with Crippen molar-refractivity contribution in [3.8, 4) is 11.5 Å². The molecule has 1 aromatic carbocycles. The largest absolute Gasteiger partial charge is 0.454 e. The lowest BCUT2D eigenvalue weighted by Gasteiger charge is -2.48. The number of hydrogen-bond donors (Lipinski definition) is 1. The van der Waals surface area contributed by atoms with Gasteiger partial charge in [-0.15, -0.1) is 0 Å². The van der Waals surface area contributed by atoms with Crippen LogP contribution in [0.5, 0.6) is 11.5 Å². The smallest absolute Gasteiger partial charge is 0.231 e. The van der Waals surface area contributed by atoms with Gasteiger partial charge in [-0.05, 0) is 30.5 Å². The van der Waals surface area contributed by atoms with Gasteiger partial charge in [-0.3, -0.25) is 0 Å². The lowest BCUT2D eigenvalue weighted by Crippen LogP contribution is -2.54. The van der Waals surface area contributed by atoms with Crippen molar-refractivity contribution in [2.45, 2.75) is 18.3 Å². The van der Waals surface area contributed by atoms with Crippen LogP contribution in [0, 0.1) is 5.41 Å². The van der Waals surface area contributed by atoms with Gasteiger partial charge in [-0.2, -0.15) is 0 Å². The summed E-state index contributed by atoms with van der Waals surface area (Å²) < 4.78 is 16.2. The van der Waals surface area contributed by atoms with E-state index in [4.69, 9.17) is 14.2 Å². The van der Waals surface area contributed by atoms with Gasteiger partial charge in [0.15, 0.2) is 11.5 Å². The highest BCUT2D eigenvalue weighted by Gasteiger charge is 2.63. The minimum absolute atomic E-state index is 0.0251. The molecule has 1 saturated heterocycles. The molecule has 96 valence electrons. The number of fused-ring (bicyclic) bond motifs is 1. The predicted octanol–water partition coefficient (Wildman–Crippen LogP) is 1.46. The van der Waals surface area contributed by atoms with Crippen LogP contribution >= 0.6 is 0 Å². The van der Waals surface area contributed by atoms with Crippen LogP contribution in [-0.2, 0) is 10.2 Å².